The second-order valence-corrected chi connectivity index (χ2v) is 5.98. The minimum Gasteiger partial charge on any atom is -0.344 e. The fourth-order valence-corrected chi connectivity index (χ4v) is 2.70. The molecule has 1 amide bonds. The number of pyridine rings is 1. The average Bonchev–Trinajstić information content (AvgIpc) is 3.17. The van der Waals surface area contributed by atoms with Gasteiger partial charge in [0, 0.05) is 30.1 Å². The zero-order chi connectivity index (χ0) is 14.1. The summed E-state index contributed by atoms with van der Waals surface area (Å²) < 4.78 is 2.51. The molecule has 1 N–H and O–H groups in total. The van der Waals surface area contributed by atoms with Crippen molar-refractivity contribution in [1.82, 2.24) is 20.1 Å². The van der Waals surface area contributed by atoms with E-state index in [0.717, 1.165) is 22.9 Å². The van der Waals surface area contributed by atoms with Gasteiger partial charge in [-0.15, -0.1) is 0 Å². The van der Waals surface area contributed by atoms with Gasteiger partial charge in [0.15, 0.2) is 0 Å². The zero-order valence-corrected chi connectivity index (χ0v) is 12.7. The molecule has 0 bridgehead atoms. The average molecular weight is 335 g/mol. The van der Waals surface area contributed by atoms with Crippen molar-refractivity contribution in [3.8, 4) is 0 Å². The van der Waals surface area contributed by atoms with E-state index in [9.17, 15) is 4.79 Å². The summed E-state index contributed by atoms with van der Waals surface area (Å²) in [4.78, 5) is 16.5. The normalized spacial score (nSPS) is 15.9. The molecule has 1 atom stereocenters. The SMILES string of the molecule is Cn1nccc1C(=O)NC(c1cncc(Br)c1)C1CC1. The van der Waals surface area contributed by atoms with Crippen molar-refractivity contribution in [2.75, 3.05) is 0 Å². The van der Waals surface area contributed by atoms with Crippen molar-refractivity contribution < 1.29 is 4.79 Å². The van der Waals surface area contributed by atoms with Crippen LogP contribution in [0.1, 0.15) is 34.9 Å². The fourth-order valence-electron chi connectivity index (χ4n) is 2.31. The van der Waals surface area contributed by atoms with E-state index in [4.69, 9.17) is 0 Å². The molecule has 2 aromatic heterocycles. The minimum absolute atomic E-state index is 0.0161. The van der Waals surface area contributed by atoms with Gasteiger partial charge in [0.2, 0.25) is 0 Å². The molecule has 0 aliphatic heterocycles. The highest BCUT2D eigenvalue weighted by Gasteiger charge is 2.34. The number of carbonyl (C=O) groups excluding carboxylic acids is 1. The first-order chi connectivity index (χ1) is 9.65. The Morgan fingerprint density at radius 1 is 1.50 bits per heavy atom. The van der Waals surface area contributed by atoms with Crippen LogP contribution in [0.2, 0.25) is 0 Å². The molecule has 1 aliphatic carbocycles. The fraction of sp³-hybridized carbons (Fsp3) is 0.357. The summed E-state index contributed by atoms with van der Waals surface area (Å²) in [5.41, 5.74) is 1.61. The van der Waals surface area contributed by atoms with Crippen molar-refractivity contribution in [3.05, 3.63) is 46.5 Å². The topological polar surface area (TPSA) is 59.8 Å². The number of halogens is 1. The number of aromatic nitrogens is 3. The van der Waals surface area contributed by atoms with Crippen LogP contribution < -0.4 is 5.32 Å². The Kier molecular flexibility index (Phi) is 3.56. The lowest BCUT2D eigenvalue weighted by Gasteiger charge is -2.18. The van der Waals surface area contributed by atoms with E-state index in [2.05, 4.69) is 31.3 Å². The minimum atomic E-state index is -0.0955. The van der Waals surface area contributed by atoms with Gasteiger partial charge in [-0.05, 0) is 52.4 Å². The molecule has 2 heterocycles. The monoisotopic (exact) mass is 334 g/mol. The first kappa shape index (κ1) is 13.3. The standard InChI is InChI=1S/C14H15BrN4O/c1-19-12(4-5-17-19)14(20)18-13(9-2-3-9)10-6-11(15)8-16-7-10/h4-9,13H,2-3H2,1H3,(H,18,20). The Hall–Kier alpha value is -1.69. The van der Waals surface area contributed by atoms with Gasteiger partial charge in [0.1, 0.15) is 5.69 Å². The molecule has 0 saturated heterocycles. The third-order valence-electron chi connectivity index (χ3n) is 3.52. The molecule has 0 aromatic carbocycles. The molecule has 104 valence electrons. The van der Waals surface area contributed by atoms with E-state index in [0.29, 0.717) is 11.6 Å². The predicted molar refractivity (Wildman–Crippen MR) is 78.1 cm³/mol. The highest BCUT2D eigenvalue weighted by atomic mass is 79.9. The van der Waals surface area contributed by atoms with Gasteiger partial charge in [0.25, 0.3) is 5.91 Å². The molecule has 6 heteroatoms. The molecule has 1 unspecified atom stereocenters. The van der Waals surface area contributed by atoms with Crippen molar-refractivity contribution in [2.45, 2.75) is 18.9 Å². The number of hydrogen-bond donors (Lipinski definition) is 1. The summed E-state index contributed by atoms with van der Waals surface area (Å²) >= 11 is 3.43. The molecule has 1 aliphatic rings. The van der Waals surface area contributed by atoms with Crippen LogP contribution in [-0.4, -0.2) is 20.7 Å². The number of nitrogens with zero attached hydrogens (tertiary/aromatic N) is 3. The molecular weight excluding hydrogens is 320 g/mol. The second-order valence-electron chi connectivity index (χ2n) is 5.07. The number of rotatable bonds is 4. The van der Waals surface area contributed by atoms with Crippen molar-refractivity contribution in [1.29, 1.82) is 0 Å². The number of amides is 1. The summed E-state index contributed by atoms with van der Waals surface area (Å²) in [6, 6.07) is 3.75. The molecule has 2 aromatic rings. The second kappa shape index (κ2) is 5.36. The Morgan fingerprint density at radius 3 is 2.90 bits per heavy atom. The summed E-state index contributed by atoms with van der Waals surface area (Å²) in [5.74, 6) is 0.408. The van der Waals surface area contributed by atoms with Crippen LogP contribution in [0.4, 0.5) is 0 Å². The zero-order valence-electron chi connectivity index (χ0n) is 11.1. The molecular formula is C14H15BrN4O. The molecule has 5 nitrogen and oxygen atoms in total. The maximum atomic E-state index is 12.3. The summed E-state index contributed by atoms with van der Waals surface area (Å²) in [6.45, 7) is 0. The van der Waals surface area contributed by atoms with Crippen molar-refractivity contribution >= 4 is 21.8 Å². The van der Waals surface area contributed by atoms with Crippen LogP contribution in [0.15, 0.2) is 35.2 Å². The van der Waals surface area contributed by atoms with Crippen LogP contribution in [0.3, 0.4) is 0 Å². The summed E-state index contributed by atoms with van der Waals surface area (Å²) in [5, 5.41) is 7.13. The molecule has 1 saturated carbocycles. The number of hydrogen-bond acceptors (Lipinski definition) is 3. The Labute approximate surface area is 125 Å². The van der Waals surface area contributed by atoms with E-state index in [1.807, 2.05) is 12.3 Å². The van der Waals surface area contributed by atoms with Gasteiger partial charge in [-0.1, -0.05) is 0 Å². The predicted octanol–water partition coefficient (Wildman–Crippen LogP) is 2.46. The maximum Gasteiger partial charge on any atom is 0.270 e. The van der Waals surface area contributed by atoms with Gasteiger partial charge < -0.3 is 5.32 Å². The lowest BCUT2D eigenvalue weighted by molar-refractivity contribution is 0.0922. The van der Waals surface area contributed by atoms with E-state index < -0.39 is 0 Å². The Balaban J connectivity index is 1.82. The van der Waals surface area contributed by atoms with Crippen molar-refractivity contribution in [3.63, 3.8) is 0 Å². The Morgan fingerprint density at radius 2 is 2.30 bits per heavy atom. The highest BCUT2D eigenvalue weighted by molar-refractivity contribution is 9.10. The third kappa shape index (κ3) is 2.75. The van der Waals surface area contributed by atoms with E-state index >= 15 is 0 Å². The third-order valence-corrected chi connectivity index (χ3v) is 3.95. The largest absolute Gasteiger partial charge is 0.344 e. The quantitative estimate of drug-likeness (QED) is 0.934. The van der Waals surface area contributed by atoms with Gasteiger partial charge in [-0.3, -0.25) is 14.5 Å². The number of aryl methyl sites for hydroxylation is 1. The number of nitrogens with one attached hydrogen (secondary N) is 1. The molecule has 20 heavy (non-hydrogen) atoms. The molecule has 3 rings (SSSR count). The van der Waals surface area contributed by atoms with E-state index in [1.54, 1.807) is 30.2 Å². The Bertz CT molecular complexity index is 636. The van der Waals surface area contributed by atoms with Crippen LogP contribution in [0, 0.1) is 5.92 Å². The lowest BCUT2D eigenvalue weighted by Crippen LogP contribution is -2.31. The maximum absolute atomic E-state index is 12.3. The van der Waals surface area contributed by atoms with Crippen molar-refractivity contribution in [2.24, 2.45) is 13.0 Å². The van der Waals surface area contributed by atoms with Crippen LogP contribution in [0.25, 0.3) is 0 Å². The first-order valence-electron chi connectivity index (χ1n) is 6.54. The lowest BCUT2D eigenvalue weighted by atomic mass is 10.0. The summed E-state index contributed by atoms with van der Waals surface area (Å²) in [7, 11) is 1.77. The number of carbonyl (C=O) groups is 1. The van der Waals surface area contributed by atoms with Gasteiger partial charge in [0.05, 0.1) is 6.04 Å². The molecule has 0 radical (unpaired) electrons. The van der Waals surface area contributed by atoms with Gasteiger partial charge in [-0.2, -0.15) is 5.10 Å². The van der Waals surface area contributed by atoms with Crippen LogP contribution >= 0.6 is 15.9 Å². The van der Waals surface area contributed by atoms with Gasteiger partial charge >= 0.3 is 0 Å². The summed E-state index contributed by atoms with van der Waals surface area (Å²) in [6.07, 6.45) is 7.47. The van der Waals surface area contributed by atoms with Crippen LogP contribution in [-0.2, 0) is 7.05 Å². The van der Waals surface area contributed by atoms with Crippen LogP contribution in [0.5, 0.6) is 0 Å². The van der Waals surface area contributed by atoms with Gasteiger partial charge in [-0.25, -0.2) is 0 Å². The molecule has 1 fully saturated rings. The highest BCUT2D eigenvalue weighted by Crippen LogP contribution is 2.41. The molecule has 0 spiro atoms. The smallest absolute Gasteiger partial charge is 0.270 e. The van der Waals surface area contributed by atoms with E-state index in [1.165, 1.54) is 0 Å². The van der Waals surface area contributed by atoms with E-state index in [-0.39, 0.29) is 11.9 Å². The first-order valence-corrected chi connectivity index (χ1v) is 7.34.